The van der Waals surface area contributed by atoms with Gasteiger partial charge < -0.3 is 15.2 Å². The lowest BCUT2D eigenvalue weighted by atomic mass is 10.2. The Kier molecular flexibility index (Phi) is 7.18. The number of carbonyl (C=O) groups excluding carboxylic acids is 1. The predicted molar refractivity (Wildman–Crippen MR) is 131 cm³/mol. The summed E-state index contributed by atoms with van der Waals surface area (Å²) in [6, 6.07) is 17.9. The van der Waals surface area contributed by atoms with Crippen molar-refractivity contribution in [2.24, 2.45) is 0 Å². The second kappa shape index (κ2) is 10.4. The van der Waals surface area contributed by atoms with Crippen molar-refractivity contribution in [3.05, 3.63) is 71.4 Å². The summed E-state index contributed by atoms with van der Waals surface area (Å²) in [6.45, 7) is 5.27. The van der Waals surface area contributed by atoms with Gasteiger partial charge >= 0.3 is 0 Å². The zero-order valence-electron chi connectivity index (χ0n) is 17.9. The average molecular weight is 465 g/mol. The zero-order valence-corrected chi connectivity index (χ0v) is 19.5. The molecule has 2 N–H and O–H groups in total. The van der Waals surface area contributed by atoms with Crippen LogP contribution in [0.15, 0.2) is 65.1 Å². The predicted octanol–water partition coefficient (Wildman–Crippen LogP) is 5.07. The number of rotatable bonds is 9. The van der Waals surface area contributed by atoms with Gasteiger partial charge in [0.2, 0.25) is 5.91 Å². The van der Waals surface area contributed by atoms with E-state index < -0.39 is 0 Å². The standard InChI is InChI=1S/C23H24N6OS2/c1-3-29-20(13-24-22-26-19(14-31-22)17-9-5-4-6-10-17)27-28-23(29)32-15-21(30)25-18-11-7-8-16(2)12-18/h4-12,14H,3,13,15H2,1-2H3,(H,24,26)(H,25,30). The molecule has 0 unspecified atom stereocenters. The molecule has 9 heteroatoms. The van der Waals surface area contributed by atoms with Gasteiger partial charge in [-0.1, -0.05) is 54.2 Å². The number of carbonyl (C=O) groups is 1. The van der Waals surface area contributed by atoms with Crippen molar-refractivity contribution < 1.29 is 4.79 Å². The number of benzene rings is 2. The van der Waals surface area contributed by atoms with Crippen LogP contribution >= 0.6 is 23.1 Å². The third kappa shape index (κ3) is 5.54. The molecular formula is C23H24N6OS2. The van der Waals surface area contributed by atoms with Gasteiger partial charge in [-0.15, -0.1) is 21.5 Å². The summed E-state index contributed by atoms with van der Waals surface area (Å²) >= 11 is 2.95. The molecule has 4 rings (SSSR count). The number of amides is 1. The zero-order chi connectivity index (χ0) is 22.3. The molecule has 0 aliphatic heterocycles. The maximum absolute atomic E-state index is 12.3. The van der Waals surface area contributed by atoms with E-state index >= 15 is 0 Å². The fourth-order valence-electron chi connectivity index (χ4n) is 3.18. The first-order chi connectivity index (χ1) is 15.6. The Labute approximate surface area is 195 Å². The Morgan fingerprint density at radius 3 is 2.75 bits per heavy atom. The maximum atomic E-state index is 12.3. The van der Waals surface area contributed by atoms with Gasteiger partial charge in [0.05, 0.1) is 18.0 Å². The summed E-state index contributed by atoms with van der Waals surface area (Å²) < 4.78 is 2.02. The first kappa shape index (κ1) is 22.0. The van der Waals surface area contributed by atoms with Crippen molar-refractivity contribution in [3.8, 4) is 11.3 Å². The van der Waals surface area contributed by atoms with Gasteiger partial charge in [0.1, 0.15) is 0 Å². The van der Waals surface area contributed by atoms with E-state index in [0.29, 0.717) is 6.54 Å². The van der Waals surface area contributed by atoms with Crippen LogP contribution in [-0.2, 0) is 17.9 Å². The molecule has 2 aromatic heterocycles. The van der Waals surface area contributed by atoms with E-state index in [1.54, 1.807) is 11.3 Å². The molecule has 0 atom stereocenters. The average Bonchev–Trinajstić information content (AvgIpc) is 3.43. The van der Waals surface area contributed by atoms with E-state index in [1.807, 2.05) is 78.4 Å². The number of nitrogens with one attached hydrogen (secondary N) is 2. The number of aromatic nitrogens is 4. The molecule has 2 heterocycles. The van der Waals surface area contributed by atoms with Crippen molar-refractivity contribution in [2.45, 2.75) is 32.1 Å². The fourth-order valence-corrected chi connectivity index (χ4v) is 4.72. The number of thioether (sulfide) groups is 1. The molecule has 1 amide bonds. The van der Waals surface area contributed by atoms with E-state index in [4.69, 9.17) is 0 Å². The van der Waals surface area contributed by atoms with E-state index in [2.05, 4.69) is 25.8 Å². The van der Waals surface area contributed by atoms with Gasteiger partial charge in [0, 0.05) is 23.2 Å². The lowest BCUT2D eigenvalue weighted by Gasteiger charge is -2.08. The van der Waals surface area contributed by atoms with Crippen LogP contribution in [0.2, 0.25) is 0 Å². The van der Waals surface area contributed by atoms with Crippen LogP contribution in [0.4, 0.5) is 10.8 Å². The highest BCUT2D eigenvalue weighted by Gasteiger charge is 2.14. The van der Waals surface area contributed by atoms with Gasteiger partial charge in [-0.25, -0.2) is 4.98 Å². The summed E-state index contributed by atoms with van der Waals surface area (Å²) in [5.74, 6) is 1.01. The molecule has 164 valence electrons. The number of aryl methyl sites for hydroxylation is 1. The minimum Gasteiger partial charge on any atom is -0.354 e. The van der Waals surface area contributed by atoms with Crippen LogP contribution in [0, 0.1) is 6.92 Å². The second-order valence-corrected chi connectivity index (χ2v) is 8.91. The highest BCUT2D eigenvalue weighted by Crippen LogP contribution is 2.25. The first-order valence-electron chi connectivity index (χ1n) is 10.3. The van der Waals surface area contributed by atoms with Crippen LogP contribution in [0.3, 0.4) is 0 Å². The Balaban J connectivity index is 1.34. The smallest absolute Gasteiger partial charge is 0.234 e. The highest BCUT2D eigenvalue weighted by atomic mass is 32.2. The summed E-state index contributed by atoms with van der Waals surface area (Å²) in [6.07, 6.45) is 0. The number of nitrogens with zero attached hydrogens (tertiary/aromatic N) is 4. The molecule has 0 aliphatic rings. The molecule has 7 nitrogen and oxygen atoms in total. The van der Waals surface area contributed by atoms with Crippen LogP contribution in [0.25, 0.3) is 11.3 Å². The van der Waals surface area contributed by atoms with Crippen molar-refractivity contribution in [1.82, 2.24) is 19.7 Å². The number of anilines is 2. The van der Waals surface area contributed by atoms with Crippen molar-refractivity contribution in [3.63, 3.8) is 0 Å². The lowest BCUT2D eigenvalue weighted by Crippen LogP contribution is -2.15. The van der Waals surface area contributed by atoms with E-state index in [9.17, 15) is 4.79 Å². The molecule has 4 aromatic rings. The van der Waals surface area contributed by atoms with E-state index in [0.717, 1.165) is 45.2 Å². The lowest BCUT2D eigenvalue weighted by molar-refractivity contribution is -0.113. The normalized spacial score (nSPS) is 10.8. The Hall–Kier alpha value is -3.17. The molecule has 0 saturated carbocycles. The van der Waals surface area contributed by atoms with Gasteiger partial charge in [-0.3, -0.25) is 4.79 Å². The minimum absolute atomic E-state index is 0.0674. The van der Waals surface area contributed by atoms with Crippen molar-refractivity contribution in [1.29, 1.82) is 0 Å². The summed E-state index contributed by atoms with van der Waals surface area (Å²) in [5.41, 5.74) is 3.95. The fraction of sp³-hybridized carbons (Fsp3) is 0.217. The molecule has 0 saturated heterocycles. The summed E-state index contributed by atoms with van der Waals surface area (Å²) in [4.78, 5) is 17.0. The van der Waals surface area contributed by atoms with Crippen LogP contribution in [0.5, 0.6) is 0 Å². The molecule has 0 bridgehead atoms. The van der Waals surface area contributed by atoms with E-state index in [-0.39, 0.29) is 11.7 Å². The monoisotopic (exact) mass is 464 g/mol. The van der Waals surface area contributed by atoms with Crippen molar-refractivity contribution in [2.75, 3.05) is 16.4 Å². The maximum Gasteiger partial charge on any atom is 0.234 e. The Morgan fingerprint density at radius 2 is 1.97 bits per heavy atom. The number of hydrogen-bond donors (Lipinski definition) is 2. The van der Waals surface area contributed by atoms with Gasteiger partial charge in [0.25, 0.3) is 0 Å². The van der Waals surface area contributed by atoms with Crippen LogP contribution in [-0.4, -0.2) is 31.4 Å². The molecule has 32 heavy (non-hydrogen) atoms. The van der Waals surface area contributed by atoms with Gasteiger partial charge in [-0.05, 0) is 31.5 Å². The molecular weight excluding hydrogens is 440 g/mol. The molecule has 0 spiro atoms. The molecule has 2 aromatic carbocycles. The number of hydrogen-bond acceptors (Lipinski definition) is 7. The first-order valence-corrected chi connectivity index (χ1v) is 12.1. The second-order valence-electron chi connectivity index (χ2n) is 7.11. The van der Waals surface area contributed by atoms with Gasteiger partial charge in [-0.2, -0.15) is 0 Å². The summed E-state index contributed by atoms with van der Waals surface area (Å²) in [7, 11) is 0. The Morgan fingerprint density at radius 1 is 1.12 bits per heavy atom. The minimum atomic E-state index is -0.0674. The third-order valence-corrected chi connectivity index (χ3v) is 6.48. The summed E-state index contributed by atoms with van der Waals surface area (Å²) in [5, 5.41) is 18.5. The van der Waals surface area contributed by atoms with Crippen LogP contribution in [0.1, 0.15) is 18.3 Å². The Bertz CT molecular complexity index is 1190. The third-order valence-electron chi connectivity index (χ3n) is 4.72. The van der Waals surface area contributed by atoms with Crippen molar-refractivity contribution >= 4 is 39.8 Å². The topological polar surface area (TPSA) is 84.7 Å². The van der Waals surface area contributed by atoms with Crippen LogP contribution < -0.4 is 10.6 Å². The largest absolute Gasteiger partial charge is 0.354 e. The van der Waals surface area contributed by atoms with E-state index in [1.165, 1.54) is 11.8 Å². The highest BCUT2D eigenvalue weighted by molar-refractivity contribution is 7.99. The van der Waals surface area contributed by atoms with Gasteiger partial charge in [0.15, 0.2) is 16.1 Å². The SMILES string of the molecule is CCn1c(CNc2nc(-c3ccccc3)cs2)nnc1SCC(=O)Nc1cccc(C)c1. The molecule has 0 aliphatic carbocycles. The quantitative estimate of drug-likeness (QED) is 0.336. The number of thiazole rings is 1. The molecule has 0 fully saturated rings. The molecule has 0 radical (unpaired) electrons.